The van der Waals surface area contributed by atoms with E-state index in [1.54, 1.807) is 7.05 Å². The van der Waals surface area contributed by atoms with Crippen LogP contribution in [0.2, 0.25) is 0 Å². The Morgan fingerprint density at radius 3 is 2.70 bits per heavy atom. The summed E-state index contributed by atoms with van der Waals surface area (Å²) in [5, 5.41) is 12.4. The summed E-state index contributed by atoms with van der Waals surface area (Å²) in [6.07, 6.45) is 8.80. The van der Waals surface area contributed by atoms with Crippen LogP contribution in [0.1, 0.15) is 65.2 Å². The van der Waals surface area contributed by atoms with Gasteiger partial charge in [-0.2, -0.15) is 0 Å². The number of aliphatic carboxylic acids is 1. The van der Waals surface area contributed by atoms with Crippen molar-refractivity contribution in [1.82, 2.24) is 10.2 Å². The van der Waals surface area contributed by atoms with Crippen LogP contribution in [0.3, 0.4) is 0 Å². The van der Waals surface area contributed by atoms with Gasteiger partial charge in [0.2, 0.25) is 0 Å². The van der Waals surface area contributed by atoms with Crippen LogP contribution in [-0.2, 0) is 4.79 Å². The van der Waals surface area contributed by atoms with Gasteiger partial charge in [-0.25, -0.2) is 0 Å². The highest BCUT2D eigenvalue weighted by atomic mass is 16.4. The van der Waals surface area contributed by atoms with Gasteiger partial charge in [0.15, 0.2) is 0 Å². The number of carboxylic acid groups (broad SMARTS) is 1. The third-order valence-electron chi connectivity index (χ3n) is 4.91. The monoisotopic (exact) mass is 284 g/mol. The molecule has 1 fully saturated rings. The SMILES string of the molecule is CCCC1CCCCN1CCCC(CC)(NC)C(=O)O. The van der Waals surface area contributed by atoms with Crippen molar-refractivity contribution in [3.63, 3.8) is 0 Å². The third-order valence-corrected chi connectivity index (χ3v) is 4.91. The number of nitrogens with zero attached hydrogens (tertiary/aromatic N) is 1. The Labute approximate surface area is 123 Å². The summed E-state index contributed by atoms with van der Waals surface area (Å²) in [5.74, 6) is -0.716. The molecule has 1 aliphatic heterocycles. The van der Waals surface area contributed by atoms with E-state index in [4.69, 9.17) is 0 Å². The summed E-state index contributed by atoms with van der Waals surface area (Å²) in [5.41, 5.74) is -0.740. The highest BCUT2D eigenvalue weighted by molar-refractivity contribution is 5.78. The van der Waals surface area contributed by atoms with E-state index in [9.17, 15) is 9.90 Å². The first-order valence-electron chi connectivity index (χ1n) is 8.26. The highest BCUT2D eigenvalue weighted by Crippen LogP contribution is 2.23. The molecule has 0 aromatic heterocycles. The first kappa shape index (κ1) is 17.4. The Hall–Kier alpha value is -0.610. The fraction of sp³-hybridized carbons (Fsp3) is 0.938. The Bertz CT molecular complexity index is 288. The molecule has 1 rings (SSSR count). The van der Waals surface area contributed by atoms with Crippen LogP contribution in [0.5, 0.6) is 0 Å². The Morgan fingerprint density at radius 1 is 1.40 bits per heavy atom. The van der Waals surface area contributed by atoms with Crippen molar-refractivity contribution in [2.24, 2.45) is 0 Å². The van der Waals surface area contributed by atoms with E-state index in [1.165, 1.54) is 38.6 Å². The average Bonchev–Trinajstić information content (AvgIpc) is 2.45. The Morgan fingerprint density at radius 2 is 2.15 bits per heavy atom. The second-order valence-corrected chi connectivity index (χ2v) is 6.07. The summed E-state index contributed by atoms with van der Waals surface area (Å²) < 4.78 is 0. The van der Waals surface area contributed by atoms with Crippen LogP contribution < -0.4 is 5.32 Å². The predicted octanol–water partition coefficient (Wildman–Crippen LogP) is 2.87. The quantitative estimate of drug-likeness (QED) is 0.683. The van der Waals surface area contributed by atoms with Gasteiger partial charge in [-0.15, -0.1) is 0 Å². The van der Waals surface area contributed by atoms with Crippen molar-refractivity contribution in [3.8, 4) is 0 Å². The fourth-order valence-electron chi connectivity index (χ4n) is 3.44. The number of hydrogen-bond acceptors (Lipinski definition) is 3. The van der Waals surface area contributed by atoms with Gasteiger partial charge >= 0.3 is 5.97 Å². The number of rotatable bonds is 9. The Balaban J connectivity index is 2.46. The molecule has 1 aliphatic rings. The molecule has 0 aromatic rings. The standard InChI is InChI=1S/C16H32N2O2/c1-4-9-14-10-6-7-12-18(14)13-8-11-16(5-2,17-3)15(19)20/h14,17H,4-13H2,1-3H3,(H,19,20). The van der Waals surface area contributed by atoms with Crippen LogP contribution in [-0.4, -0.2) is 47.7 Å². The van der Waals surface area contributed by atoms with Gasteiger partial charge in [-0.1, -0.05) is 26.7 Å². The van der Waals surface area contributed by atoms with E-state index in [-0.39, 0.29) is 0 Å². The molecule has 2 atom stereocenters. The van der Waals surface area contributed by atoms with E-state index in [2.05, 4.69) is 17.1 Å². The lowest BCUT2D eigenvalue weighted by molar-refractivity contribution is -0.145. The third kappa shape index (κ3) is 4.45. The maximum Gasteiger partial charge on any atom is 0.323 e. The lowest BCUT2D eigenvalue weighted by Gasteiger charge is -2.36. The van der Waals surface area contributed by atoms with Crippen molar-refractivity contribution in [2.45, 2.75) is 76.8 Å². The molecule has 0 radical (unpaired) electrons. The first-order valence-corrected chi connectivity index (χ1v) is 8.26. The normalized spacial score (nSPS) is 23.4. The topological polar surface area (TPSA) is 52.6 Å². The summed E-state index contributed by atoms with van der Waals surface area (Å²) in [6.45, 7) is 6.43. The molecule has 20 heavy (non-hydrogen) atoms. The van der Waals surface area contributed by atoms with Crippen molar-refractivity contribution in [3.05, 3.63) is 0 Å². The lowest BCUT2D eigenvalue weighted by Crippen LogP contribution is -2.50. The number of hydrogen-bond donors (Lipinski definition) is 2. The average molecular weight is 284 g/mol. The van der Waals surface area contributed by atoms with Gasteiger partial charge in [0.05, 0.1) is 0 Å². The molecule has 0 spiro atoms. The summed E-state index contributed by atoms with van der Waals surface area (Å²) >= 11 is 0. The minimum absolute atomic E-state index is 0.636. The smallest absolute Gasteiger partial charge is 0.323 e. The molecular formula is C16H32N2O2. The van der Waals surface area contributed by atoms with Gasteiger partial charge < -0.3 is 15.3 Å². The first-order chi connectivity index (χ1) is 9.59. The Kier molecular flexibility index (Phi) is 7.52. The van der Waals surface area contributed by atoms with Crippen LogP contribution in [0.15, 0.2) is 0 Å². The van der Waals surface area contributed by atoms with Crippen LogP contribution in [0.4, 0.5) is 0 Å². The fourth-order valence-corrected chi connectivity index (χ4v) is 3.44. The van der Waals surface area contributed by atoms with Gasteiger partial charge in [0.25, 0.3) is 0 Å². The number of likely N-dealkylation sites (N-methyl/N-ethyl adjacent to an activating group) is 1. The van der Waals surface area contributed by atoms with Crippen molar-refractivity contribution < 1.29 is 9.90 Å². The molecular weight excluding hydrogens is 252 g/mol. The molecule has 1 saturated heterocycles. The molecule has 0 aromatic carbocycles. The molecule has 4 nitrogen and oxygen atoms in total. The number of likely N-dealkylation sites (tertiary alicyclic amines) is 1. The maximum atomic E-state index is 11.5. The molecule has 118 valence electrons. The molecule has 0 saturated carbocycles. The zero-order chi connectivity index (χ0) is 15.0. The van der Waals surface area contributed by atoms with Crippen molar-refractivity contribution >= 4 is 5.97 Å². The second-order valence-electron chi connectivity index (χ2n) is 6.07. The number of carbonyl (C=O) groups is 1. The lowest BCUT2D eigenvalue weighted by atomic mass is 9.90. The number of carboxylic acids is 1. The maximum absolute atomic E-state index is 11.5. The number of piperidine rings is 1. The molecule has 2 unspecified atom stereocenters. The summed E-state index contributed by atoms with van der Waals surface area (Å²) in [6, 6.07) is 0.726. The van der Waals surface area contributed by atoms with Gasteiger partial charge in [-0.3, -0.25) is 4.79 Å². The predicted molar refractivity (Wildman–Crippen MR) is 83.1 cm³/mol. The van der Waals surface area contributed by atoms with Crippen LogP contribution >= 0.6 is 0 Å². The molecule has 0 bridgehead atoms. The van der Waals surface area contributed by atoms with E-state index < -0.39 is 11.5 Å². The second kappa shape index (κ2) is 8.63. The zero-order valence-electron chi connectivity index (χ0n) is 13.5. The molecule has 4 heteroatoms. The van der Waals surface area contributed by atoms with E-state index >= 15 is 0 Å². The molecule has 0 aliphatic carbocycles. The van der Waals surface area contributed by atoms with Crippen LogP contribution in [0, 0.1) is 0 Å². The molecule has 2 N–H and O–H groups in total. The van der Waals surface area contributed by atoms with Crippen molar-refractivity contribution in [2.75, 3.05) is 20.1 Å². The van der Waals surface area contributed by atoms with Gasteiger partial charge in [0.1, 0.15) is 5.54 Å². The zero-order valence-corrected chi connectivity index (χ0v) is 13.5. The summed E-state index contributed by atoms with van der Waals surface area (Å²) in [7, 11) is 1.76. The van der Waals surface area contributed by atoms with E-state index in [0.717, 1.165) is 19.0 Å². The van der Waals surface area contributed by atoms with Gasteiger partial charge in [-0.05, 0) is 58.7 Å². The minimum atomic E-state index is -0.740. The molecule has 1 heterocycles. The van der Waals surface area contributed by atoms with Gasteiger partial charge in [0, 0.05) is 6.04 Å². The largest absolute Gasteiger partial charge is 0.480 e. The number of nitrogens with one attached hydrogen (secondary N) is 1. The minimum Gasteiger partial charge on any atom is -0.480 e. The highest BCUT2D eigenvalue weighted by Gasteiger charge is 2.34. The van der Waals surface area contributed by atoms with Crippen LogP contribution in [0.25, 0.3) is 0 Å². The summed E-state index contributed by atoms with van der Waals surface area (Å²) in [4.78, 5) is 14.0. The molecule has 0 amide bonds. The van der Waals surface area contributed by atoms with E-state index in [0.29, 0.717) is 12.8 Å². The van der Waals surface area contributed by atoms with E-state index in [1.807, 2.05) is 6.92 Å². The van der Waals surface area contributed by atoms with Crippen molar-refractivity contribution in [1.29, 1.82) is 0 Å².